The zero-order valence-corrected chi connectivity index (χ0v) is 18.5. The maximum absolute atomic E-state index is 12.8. The number of nitrogens with zero attached hydrogens (tertiary/aromatic N) is 1. The molecule has 1 aromatic heterocycles. The Hall–Kier alpha value is -3.43. The molecule has 0 radical (unpaired) electrons. The highest BCUT2D eigenvalue weighted by atomic mass is 32.2. The third-order valence-corrected chi connectivity index (χ3v) is 6.11. The first kappa shape index (κ1) is 23.2. The molecule has 3 aromatic rings. The number of carbonyl (C=O) groups excluding carboxylic acids is 2. The molecular formula is C23H25N3O5S. The molecule has 8 nitrogen and oxygen atoms in total. The maximum Gasteiger partial charge on any atom is 0.241 e. The quantitative estimate of drug-likeness (QED) is 0.487. The Morgan fingerprint density at radius 3 is 2.34 bits per heavy atom. The first-order valence-corrected chi connectivity index (χ1v) is 11.5. The van der Waals surface area contributed by atoms with Crippen LogP contribution in [0.1, 0.15) is 16.9 Å². The summed E-state index contributed by atoms with van der Waals surface area (Å²) in [6, 6.07) is 19.0. The van der Waals surface area contributed by atoms with Gasteiger partial charge in [0.2, 0.25) is 21.8 Å². The van der Waals surface area contributed by atoms with Gasteiger partial charge in [-0.25, -0.2) is 13.1 Å². The second kappa shape index (κ2) is 10.7. The number of sulfonamides is 1. The minimum absolute atomic E-state index is 0.0385. The lowest BCUT2D eigenvalue weighted by atomic mass is 10.2. The van der Waals surface area contributed by atoms with Crippen molar-refractivity contribution in [3.8, 4) is 0 Å². The van der Waals surface area contributed by atoms with Gasteiger partial charge in [-0.2, -0.15) is 0 Å². The minimum Gasteiger partial charge on any atom is -0.467 e. The van der Waals surface area contributed by atoms with E-state index in [-0.39, 0.29) is 23.9 Å². The van der Waals surface area contributed by atoms with Crippen LogP contribution < -0.4 is 10.0 Å². The topological polar surface area (TPSA) is 109 Å². The van der Waals surface area contributed by atoms with Crippen molar-refractivity contribution < 1.29 is 22.4 Å². The molecular weight excluding hydrogens is 430 g/mol. The van der Waals surface area contributed by atoms with Crippen molar-refractivity contribution in [3.63, 3.8) is 0 Å². The molecule has 0 saturated carbocycles. The van der Waals surface area contributed by atoms with E-state index in [9.17, 15) is 18.0 Å². The summed E-state index contributed by atoms with van der Waals surface area (Å²) in [4.78, 5) is 26.5. The normalized spacial score (nSPS) is 11.2. The van der Waals surface area contributed by atoms with Crippen LogP contribution in [0.25, 0.3) is 0 Å². The van der Waals surface area contributed by atoms with Crippen molar-refractivity contribution in [1.82, 2.24) is 14.9 Å². The molecule has 0 bridgehead atoms. The first-order valence-electron chi connectivity index (χ1n) is 10.0. The van der Waals surface area contributed by atoms with Crippen molar-refractivity contribution in [2.24, 2.45) is 0 Å². The highest BCUT2D eigenvalue weighted by Crippen LogP contribution is 2.10. The van der Waals surface area contributed by atoms with Crippen LogP contribution in [0.2, 0.25) is 0 Å². The number of aryl methyl sites for hydroxylation is 1. The summed E-state index contributed by atoms with van der Waals surface area (Å²) in [5, 5.41) is 2.77. The Morgan fingerprint density at radius 1 is 0.969 bits per heavy atom. The molecule has 0 fully saturated rings. The Kier molecular flexibility index (Phi) is 7.80. The Bertz CT molecular complexity index is 1130. The van der Waals surface area contributed by atoms with Crippen LogP contribution in [0.4, 0.5) is 0 Å². The largest absolute Gasteiger partial charge is 0.467 e. The van der Waals surface area contributed by atoms with Gasteiger partial charge in [0.15, 0.2) is 0 Å². The fourth-order valence-electron chi connectivity index (χ4n) is 2.92. The average Bonchev–Trinajstić information content (AvgIpc) is 3.30. The van der Waals surface area contributed by atoms with Crippen LogP contribution >= 0.6 is 0 Å². The molecule has 0 spiro atoms. The van der Waals surface area contributed by atoms with Gasteiger partial charge in [-0.15, -0.1) is 0 Å². The highest BCUT2D eigenvalue weighted by molar-refractivity contribution is 7.89. The molecule has 2 N–H and O–H groups in total. The predicted molar refractivity (Wildman–Crippen MR) is 119 cm³/mol. The van der Waals surface area contributed by atoms with E-state index in [1.807, 2.05) is 37.3 Å². The monoisotopic (exact) mass is 455 g/mol. The number of carbonyl (C=O) groups is 2. The molecule has 0 saturated heterocycles. The maximum atomic E-state index is 12.8. The van der Waals surface area contributed by atoms with Crippen LogP contribution in [-0.4, -0.2) is 38.2 Å². The molecule has 168 valence electrons. The lowest BCUT2D eigenvalue weighted by molar-refractivity contribution is -0.136. The third kappa shape index (κ3) is 6.79. The number of amides is 2. The van der Waals surface area contributed by atoms with Crippen LogP contribution in [0.15, 0.2) is 82.3 Å². The molecule has 0 aliphatic rings. The second-order valence-corrected chi connectivity index (χ2v) is 9.00. The fourth-order valence-corrected chi connectivity index (χ4v) is 3.89. The predicted octanol–water partition coefficient (Wildman–Crippen LogP) is 2.21. The smallest absolute Gasteiger partial charge is 0.241 e. The summed E-state index contributed by atoms with van der Waals surface area (Å²) < 4.78 is 32.6. The molecule has 1 heterocycles. The van der Waals surface area contributed by atoms with E-state index in [1.165, 1.54) is 23.3 Å². The van der Waals surface area contributed by atoms with Crippen molar-refractivity contribution in [2.75, 3.05) is 13.1 Å². The number of rotatable bonds is 10. The van der Waals surface area contributed by atoms with E-state index < -0.39 is 22.5 Å². The van der Waals surface area contributed by atoms with Crippen LogP contribution in [0, 0.1) is 6.92 Å². The SMILES string of the molecule is Cc1ccc(S(=O)(=O)NCC(=O)N(CC(=O)NCc2ccccc2)Cc2ccco2)cc1. The van der Waals surface area contributed by atoms with Gasteiger partial charge in [-0.3, -0.25) is 9.59 Å². The fraction of sp³-hybridized carbons (Fsp3) is 0.217. The van der Waals surface area contributed by atoms with Crippen molar-refractivity contribution in [1.29, 1.82) is 0 Å². The Morgan fingerprint density at radius 2 is 1.69 bits per heavy atom. The number of nitrogens with one attached hydrogen (secondary N) is 2. The molecule has 9 heteroatoms. The van der Waals surface area contributed by atoms with Crippen LogP contribution in [0.3, 0.4) is 0 Å². The second-order valence-electron chi connectivity index (χ2n) is 7.23. The van der Waals surface area contributed by atoms with E-state index in [0.29, 0.717) is 12.3 Å². The van der Waals surface area contributed by atoms with Gasteiger partial charge in [-0.05, 0) is 36.8 Å². The van der Waals surface area contributed by atoms with E-state index in [2.05, 4.69) is 10.0 Å². The molecule has 0 aliphatic heterocycles. The van der Waals surface area contributed by atoms with Gasteiger partial charge in [-0.1, -0.05) is 48.0 Å². The number of hydrogen-bond acceptors (Lipinski definition) is 5. The number of furan rings is 1. The zero-order chi connectivity index (χ0) is 23.0. The minimum atomic E-state index is -3.86. The van der Waals surface area contributed by atoms with Crippen molar-refractivity contribution in [2.45, 2.75) is 24.9 Å². The van der Waals surface area contributed by atoms with E-state index in [1.54, 1.807) is 24.3 Å². The zero-order valence-electron chi connectivity index (χ0n) is 17.7. The summed E-state index contributed by atoms with van der Waals surface area (Å²) in [6.07, 6.45) is 1.47. The highest BCUT2D eigenvalue weighted by Gasteiger charge is 2.22. The van der Waals surface area contributed by atoms with E-state index in [0.717, 1.165) is 11.1 Å². The average molecular weight is 456 g/mol. The van der Waals surface area contributed by atoms with Crippen molar-refractivity contribution in [3.05, 3.63) is 89.9 Å². The standard InChI is InChI=1S/C23H25N3O5S/c1-18-9-11-21(12-10-18)32(29,30)25-15-23(28)26(16-20-8-5-13-31-20)17-22(27)24-14-19-6-3-2-4-7-19/h2-13,25H,14-17H2,1H3,(H,24,27). The first-order chi connectivity index (χ1) is 15.3. The van der Waals surface area contributed by atoms with E-state index in [4.69, 9.17) is 4.42 Å². The summed E-state index contributed by atoms with van der Waals surface area (Å²) in [7, 11) is -3.86. The van der Waals surface area contributed by atoms with E-state index >= 15 is 0 Å². The van der Waals surface area contributed by atoms with Gasteiger partial charge in [0.1, 0.15) is 12.3 Å². The van der Waals surface area contributed by atoms with Crippen LogP contribution in [-0.2, 0) is 32.7 Å². The van der Waals surface area contributed by atoms with Gasteiger partial charge < -0.3 is 14.6 Å². The summed E-state index contributed by atoms with van der Waals surface area (Å²) in [6.45, 7) is 1.49. The van der Waals surface area contributed by atoms with Gasteiger partial charge in [0.05, 0.1) is 24.2 Å². The third-order valence-electron chi connectivity index (χ3n) is 4.69. The summed E-state index contributed by atoms with van der Waals surface area (Å²) in [5.74, 6) is -0.433. The molecule has 0 aliphatic carbocycles. The molecule has 32 heavy (non-hydrogen) atoms. The Labute approximate surface area is 187 Å². The van der Waals surface area contributed by atoms with Gasteiger partial charge >= 0.3 is 0 Å². The Balaban J connectivity index is 1.62. The molecule has 2 aromatic carbocycles. The summed E-state index contributed by atoms with van der Waals surface area (Å²) >= 11 is 0. The van der Waals surface area contributed by atoms with Gasteiger partial charge in [0, 0.05) is 6.54 Å². The number of hydrogen-bond donors (Lipinski definition) is 2. The molecule has 2 amide bonds. The molecule has 3 rings (SSSR count). The lowest BCUT2D eigenvalue weighted by Gasteiger charge is -2.21. The van der Waals surface area contributed by atoms with Crippen LogP contribution in [0.5, 0.6) is 0 Å². The lowest BCUT2D eigenvalue weighted by Crippen LogP contribution is -2.44. The molecule has 0 unspecified atom stereocenters. The number of benzene rings is 2. The van der Waals surface area contributed by atoms with Crippen molar-refractivity contribution >= 4 is 21.8 Å². The molecule has 0 atom stereocenters. The summed E-state index contributed by atoms with van der Waals surface area (Å²) in [5.41, 5.74) is 1.85. The van der Waals surface area contributed by atoms with Gasteiger partial charge in [0.25, 0.3) is 0 Å².